The third-order valence-corrected chi connectivity index (χ3v) is 1.05. The summed E-state index contributed by atoms with van der Waals surface area (Å²) in [6, 6.07) is 0. The number of halogens is 1. The van der Waals surface area contributed by atoms with Crippen molar-refractivity contribution >= 4 is 22.2 Å². The molecule has 0 aliphatic rings. The van der Waals surface area contributed by atoms with Crippen molar-refractivity contribution < 1.29 is 8.91 Å². The summed E-state index contributed by atoms with van der Waals surface area (Å²) in [6.45, 7) is -2.46. The molecule has 5 heteroatoms. The second kappa shape index (κ2) is 2.26. The molecule has 0 aliphatic heterocycles. The first-order valence-electron chi connectivity index (χ1n) is 3.53. The average molecular weight is 193 g/mol. The molecule has 0 spiro atoms. The number of aldehydes is 1. The van der Waals surface area contributed by atoms with Gasteiger partial charge in [0.15, 0.2) is 12.1 Å². The van der Waals surface area contributed by atoms with Gasteiger partial charge in [-0.15, -0.1) is 5.10 Å². The van der Waals surface area contributed by atoms with E-state index in [0.29, 0.717) is 11.0 Å². The van der Waals surface area contributed by atoms with Crippen LogP contribution in [0.4, 0.5) is 0 Å². The first-order valence-corrected chi connectivity index (χ1v) is 2.82. The standard InChI is InChI=1S/C4H4BrN3O/c1-8-3(2-9)6-4(5)7-8/h2H,1H3/i1D3. The second-order valence-corrected chi connectivity index (χ2v) is 1.98. The van der Waals surface area contributed by atoms with E-state index in [0.717, 1.165) is 0 Å². The van der Waals surface area contributed by atoms with Crippen molar-refractivity contribution in [3.8, 4) is 0 Å². The molecule has 0 aliphatic carbocycles. The van der Waals surface area contributed by atoms with Gasteiger partial charge in [-0.3, -0.25) is 4.79 Å². The topological polar surface area (TPSA) is 47.8 Å². The molecule has 1 rings (SSSR count). The fourth-order valence-corrected chi connectivity index (χ4v) is 0.715. The Morgan fingerprint density at radius 1 is 2.00 bits per heavy atom. The number of nitrogens with zero attached hydrogens (tertiary/aromatic N) is 3. The molecule has 0 fully saturated rings. The van der Waals surface area contributed by atoms with E-state index < -0.39 is 6.98 Å². The number of aryl methyl sites for hydroxylation is 1. The lowest BCUT2D eigenvalue weighted by molar-refractivity contribution is 0.111. The van der Waals surface area contributed by atoms with Gasteiger partial charge < -0.3 is 0 Å². The van der Waals surface area contributed by atoms with Gasteiger partial charge in [-0.2, -0.15) is 4.98 Å². The van der Waals surface area contributed by atoms with E-state index in [1.54, 1.807) is 0 Å². The number of hydrogen-bond donors (Lipinski definition) is 0. The maximum atomic E-state index is 10.3. The Balaban J connectivity index is 3.22. The van der Waals surface area contributed by atoms with E-state index >= 15 is 0 Å². The molecule has 0 radical (unpaired) electrons. The molecule has 0 unspecified atom stereocenters. The molecule has 0 saturated carbocycles. The minimum absolute atomic E-state index is 0.0840. The summed E-state index contributed by atoms with van der Waals surface area (Å²) in [4.78, 5) is 13.8. The molecular weight excluding hydrogens is 186 g/mol. The summed E-state index contributed by atoms with van der Waals surface area (Å²) >= 11 is 2.86. The third kappa shape index (κ3) is 1.16. The lowest BCUT2D eigenvalue weighted by atomic mass is 10.7. The van der Waals surface area contributed by atoms with Crippen molar-refractivity contribution in [3.63, 3.8) is 0 Å². The molecule has 1 aromatic rings. The monoisotopic (exact) mass is 192 g/mol. The van der Waals surface area contributed by atoms with E-state index in [4.69, 9.17) is 4.11 Å². The van der Waals surface area contributed by atoms with Crippen LogP contribution < -0.4 is 0 Å². The van der Waals surface area contributed by atoms with Crippen LogP contribution in [0, 0.1) is 0 Å². The fraction of sp³-hybridized carbons (Fsp3) is 0.250. The van der Waals surface area contributed by atoms with E-state index in [1.807, 2.05) is 0 Å². The van der Waals surface area contributed by atoms with Crippen LogP contribution in [0.5, 0.6) is 0 Å². The zero-order chi connectivity index (χ0) is 9.35. The van der Waals surface area contributed by atoms with Crippen molar-refractivity contribution in [1.82, 2.24) is 14.8 Å². The van der Waals surface area contributed by atoms with Crippen molar-refractivity contribution in [2.75, 3.05) is 0 Å². The Morgan fingerprint density at radius 3 is 3.22 bits per heavy atom. The van der Waals surface area contributed by atoms with Crippen molar-refractivity contribution in [3.05, 3.63) is 10.6 Å². The van der Waals surface area contributed by atoms with Crippen LogP contribution in [-0.2, 0) is 6.98 Å². The molecule has 0 N–H and O–H groups in total. The summed E-state index contributed by atoms with van der Waals surface area (Å²) in [5.41, 5.74) is 0. The molecule has 0 atom stereocenters. The van der Waals surface area contributed by atoms with E-state index in [9.17, 15) is 4.79 Å². The Labute approximate surface area is 64.2 Å². The molecule has 48 valence electrons. The predicted molar refractivity (Wildman–Crippen MR) is 34.1 cm³/mol. The molecule has 9 heavy (non-hydrogen) atoms. The van der Waals surface area contributed by atoms with Crippen LogP contribution in [0.2, 0.25) is 0 Å². The maximum Gasteiger partial charge on any atom is 0.217 e. The van der Waals surface area contributed by atoms with E-state index in [-0.39, 0.29) is 10.6 Å². The number of hydrogen-bond acceptors (Lipinski definition) is 3. The first kappa shape index (κ1) is 3.46. The van der Waals surface area contributed by atoms with Crippen LogP contribution in [0.1, 0.15) is 14.7 Å². The fourth-order valence-electron chi connectivity index (χ4n) is 0.374. The first-order chi connectivity index (χ1) is 5.45. The second-order valence-electron chi connectivity index (χ2n) is 1.27. The van der Waals surface area contributed by atoms with Gasteiger partial charge in [-0.1, -0.05) is 0 Å². The molecule has 0 aromatic carbocycles. The molecule has 1 aromatic heterocycles. The van der Waals surface area contributed by atoms with Crippen LogP contribution in [-0.4, -0.2) is 21.1 Å². The van der Waals surface area contributed by atoms with Crippen molar-refractivity contribution in [1.29, 1.82) is 0 Å². The highest BCUT2D eigenvalue weighted by Gasteiger charge is 2.00. The Morgan fingerprint density at radius 2 is 2.78 bits per heavy atom. The highest BCUT2D eigenvalue weighted by atomic mass is 79.9. The SMILES string of the molecule is [2H]C([2H])([2H])n1nc(Br)nc1C=O. The summed E-state index contributed by atoms with van der Waals surface area (Å²) < 4.78 is 21.5. The lowest BCUT2D eigenvalue weighted by Crippen LogP contribution is -1.96. The molecular formula is C4H4BrN3O. The minimum atomic E-state index is -2.46. The smallest absolute Gasteiger partial charge is 0.217 e. The quantitative estimate of drug-likeness (QED) is 0.606. The van der Waals surface area contributed by atoms with Crippen LogP contribution >= 0.6 is 15.9 Å². The summed E-state index contributed by atoms with van der Waals surface area (Å²) in [5.74, 6) is -0.220. The number of aromatic nitrogens is 3. The summed E-state index contributed by atoms with van der Waals surface area (Å²) in [7, 11) is 0. The highest BCUT2D eigenvalue weighted by molar-refractivity contribution is 9.10. The zero-order valence-corrected chi connectivity index (χ0v) is 5.79. The minimum Gasteiger partial charge on any atom is -0.294 e. The van der Waals surface area contributed by atoms with Gasteiger partial charge in [0.2, 0.25) is 4.73 Å². The van der Waals surface area contributed by atoms with Crippen LogP contribution in [0.3, 0.4) is 0 Å². The Bertz CT molecular complexity index is 307. The van der Waals surface area contributed by atoms with Crippen molar-refractivity contribution in [2.24, 2.45) is 6.98 Å². The Kier molecular flexibility index (Phi) is 0.869. The van der Waals surface area contributed by atoms with Gasteiger partial charge in [-0.05, 0) is 15.9 Å². The predicted octanol–water partition coefficient (Wildman–Crippen LogP) is 0.390. The molecule has 0 saturated heterocycles. The van der Waals surface area contributed by atoms with Gasteiger partial charge in [0.05, 0.1) is 0 Å². The van der Waals surface area contributed by atoms with E-state index in [1.165, 1.54) is 0 Å². The highest BCUT2D eigenvalue weighted by Crippen LogP contribution is 2.00. The Hall–Kier alpha value is -0.710. The van der Waals surface area contributed by atoms with Gasteiger partial charge in [0.1, 0.15) is 0 Å². The number of carbonyl (C=O) groups excluding carboxylic acids is 1. The summed E-state index contributed by atoms with van der Waals surface area (Å²) in [5, 5.41) is 3.48. The third-order valence-electron chi connectivity index (χ3n) is 0.712. The van der Waals surface area contributed by atoms with Crippen LogP contribution in [0.15, 0.2) is 4.73 Å². The average Bonchev–Trinajstić information content (AvgIpc) is 2.29. The molecule has 4 nitrogen and oxygen atoms in total. The molecule has 0 amide bonds. The molecule has 0 bridgehead atoms. The number of carbonyl (C=O) groups is 1. The summed E-state index contributed by atoms with van der Waals surface area (Å²) in [6.07, 6.45) is 0.337. The van der Waals surface area contributed by atoms with Crippen molar-refractivity contribution in [2.45, 2.75) is 0 Å². The molecule has 1 heterocycles. The number of rotatable bonds is 1. The van der Waals surface area contributed by atoms with Gasteiger partial charge in [0, 0.05) is 11.1 Å². The normalized spacial score (nSPS) is 15.9. The maximum absolute atomic E-state index is 10.3. The van der Waals surface area contributed by atoms with Gasteiger partial charge in [0.25, 0.3) is 0 Å². The van der Waals surface area contributed by atoms with Gasteiger partial charge in [-0.25, -0.2) is 4.68 Å². The van der Waals surface area contributed by atoms with Crippen LogP contribution in [0.25, 0.3) is 0 Å². The van der Waals surface area contributed by atoms with Gasteiger partial charge >= 0.3 is 0 Å². The van der Waals surface area contributed by atoms with E-state index in [2.05, 4.69) is 26.0 Å². The largest absolute Gasteiger partial charge is 0.294 e. The zero-order valence-electron chi connectivity index (χ0n) is 7.21. The lowest BCUT2D eigenvalue weighted by Gasteiger charge is -1.83.